The van der Waals surface area contributed by atoms with E-state index in [-0.39, 0.29) is 0 Å². The summed E-state index contributed by atoms with van der Waals surface area (Å²) in [5.74, 6) is 1.54. The predicted octanol–water partition coefficient (Wildman–Crippen LogP) is 4.68. The summed E-state index contributed by atoms with van der Waals surface area (Å²) in [4.78, 5) is 0. The third-order valence-electron chi connectivity index (χ3n) is 2.72. The number of para-hydroxylation sites is 1. The molecule has 2 nitrogen and oxygen atoms in total. The van der Waals surface area contributed by atoms with E-state index in [1.54, 1.807) is 0 Å². The summed E-state index contributed by atoms with van der Waals surface area (Å²) in [5.41, 5.74) is 0.914. The van der Waals surface area contributed by atoms with Crippen LogP contribution in [0.15, 0.2) is 53.0 Å². The van der Waals surface area contributed by atoms with Gasteiger partial charge in [0.1, 0.15) is 11.5 Å². The molecule has 2 aromatic carbocycles. The molecule has 0 heterocycles. The van der Waals surface area contributed by atoms with Crippen molar-refractivity contribution in [1.29, 1.82) is 0 Å². The van der Waals surface area contributed by atoms with E-state index in [4.69, 9.17) is 4.74 Å². The zero-order chi connectivity index (χ0) is 13.0. The normalized spacial score (nSPS) is 12.2. The van der Waals surface area contributed by atoms with Gasteiger partial charge >= 0.3 is 0 Å². The summed E-state index contributed by atoms with van der Waals surface area (Å²) in [7, 11) is 0. The lowest BCUT2D eigenvalue weighted by Crippen LogP contribution is -1.94. The molecule has 3 heteroatoms. The van der Waals surface area contributed by atoms with Crippen LogP contribution in [0, 0.1) is 0 Å². The molecule has 1 atom stereocenters. The van der Waals surface area contributed by atoms with Crippen molar-refractivity contribution < 1.29 is 9.84 Å². The van der Waals surface area contributed by atoms with Crippen molar-refractivity contribution in [3.63, 3.8) is 0 Å². The van der Waals surface area contributed by atoms with Gasteiger partial charge < -0.3 is 9.84 Å². The number of ether oxygens (including phenoxy) is 1. The van der Waals surface area contributed by atoms with Gasteiger partial charge in [-0.25, -0.2) is 0 Å². The Morgan fingerprint density at radius 3 is 2.39 bits per heavy atom. The Labute approximate surface area is 115 Å². The molecule has 0 bridgehead atoms. The molecule has 0 radical (unpaired) electrons. The van der Waals surface area contributed by atoms with Gasteiger partial charge in [-0.05, 0) is 52.2 Å². The Morgan fingerprint density at radius 2 is 1.78 bits per heavy atom. The van der Waals surface area contributed by atoms with E-state index >= 15 is 0 Å². The van der Waals surface area contributed by atoms with Gasteiger partial charge in [0.05, 0.1) is 10.6 Å². The van der Waals surface area contributed by atoms with Crippen molar-refractivity contribution in [3.8, 4) is 11.5 Å². The molecule has 0 aromatic heterocycles. The fourth-order valence-electron chi connectivity index (χ4n) is 1.65. The fourth-order valence-corrected chi connectivity index (χ4v) is 2.01. The minimum Gasteiger partial charge on any atom is -0.456 e. The Kier molecular flexibility index (Phi) is 4.39. The molecule has 2 aromatic rings. The molecule has 94 valence electrons. The van der Waals surface area contributed by atoms with E-state index in [2.05, 4.69) is 15.9 Å². The van der Waals surface area contributed by atoms with Gasteiger partial charge in [0.2, 0.25) is 0 Å². The topological polar surface area (TPSA) is 29.5 Å². The van der Waals surface area contributed by atoms with Crippen molar-refractivity contribution in [2.45, 2.75) is 19.4 Å². The first kappa shape index (κ1) is 13.1. The van der Waals surface area contributed by atoms with Crippen LogP contribution in [0.4, 0.5) is 0 Å². The lowest BCUT2D eigenvalue weighted by molar-refractivity contribution is 0.173. The maximum atomic E-state index is 9.71. The molecule has 0 aliphatic rings. The summed E-state index contributed by atoms with van der Waals surface area (Å²) in [6.45, 7) is 1.95. The van der Waals surface area contributed by atoms with Crippen molar-refractivity contribution in [3.05, 3.63) is 58.6 Å². The highest BCUT2D eigenvalue weighted by Crippen LogP contribution is 2.29. The van der Waals surface area contributed by atoms with E-state index < -0.39 is 6.10 Å². The molecule has 18 heavy (non-hydrogen) atoms. The van der Waals surface area contributed by atoms with Gasteiger partial charge in [0, 0.05) is 0 Å². The van der Waals surface area contributed by atoms with E-state index in [0.29, 0.717) is 6.42 Å². The van der Waals surface area contributed by atoms with Crippen LogP contribution in [0.25, 0.3) is 0 Å². The zero-order valence-corrected chi connectivity index (χ0v) is 11.7. The second kappa shape index (κ2) is 6.03. The molecular weight excluding hydrogens is 292 g/mol. The van der Waals surface area contributed by atoms with Crippen molar-refractivity contribution in [2.75, 3.05) is 0 Å². The zero-order valence-electron chi connectivity index (χ0n) is 10.1. The van der Waals surface area contributed by atoms with Crippen LogP contribution in [0.5, 0.6) is 11.5 Å². The average Bonchev–Trinajstić information content (AvgIpc) is 2.41. The molecular formula is C15H15BrO2. The van der Waals surface area contributed by atoms with E-state index in [1.165, 1.54) is 0 Å². The van der Waals surface area contributed by atoms with Crippen LogP contribution in [-0.4, -0.2) is 5.11 Å². The van der Waals surface area contributed by atoms with Crippen molar-refractivity contribution in [1.82, 2.24) is 0 Å². The minimum absolute atomic E-state index is 0.400. The molecule has 1 N–H and O–H groups in total. The quantitative estimate of drug-likeness (QED) is 0.888. The number of aliphatic hydroxyl groups is 1. The van der Waals surface area contributed by atoms with E-state index in [0.717, 1.165) is 21.5 Å². The highest BCUT2D eigenvalue weighted by molar-refractivity contribution is 9.10. The first-order valence-corrected chi connectivity index (χ1v) is 6.70. The van der Waals surface area contributed by atoms with Gasteiger partial charge in [-0.2, -0.15) is 0 Å². The van der Waals surface area contributed by atoms with Crippen molar-refractivity contribution in [2.24, 2.45) is 0 Å². The summed E-state index contributed by atoms with van der Waals surface area (Å²) < 4.78 is 6.67. The average molecular weight is 307 g/mol. The molecule has 0 aliphatic carbocycles. The standard InChI is InChI=1S/C15H15BrO2/c1-2-14(17)11-7-9-12(10-8-11)18-15-6-4-3-5-13(15)16/h3-10,14,17H,2H2,1H3. The number of halogens is 1. The summed E-state index contributed by atoms with van der Waals surface area (Å²) in [5, 5.41) is 9.71. The summed E-state index contributed by atoms with van der Waals surface area (Å²) >= 11 is 3.44. The second-order valence-corrected chi connectivity index (χ2v) is 4.88. The molecule has 0 amide bonds. The minimum atomic E-state index is -0.400. The van der Waals surface area contributed by atoms with E-state index in [9.17, 15) is 5.11 Å². The monoisotopic (exact) mass is 306 g/mol. The van der Waals surface area contributed by atoms with Crippen LogP contribution >= 0.6 is 15.9 Å². The third kappa shape index (κ3) is 3.12. The Hall–Kier alpha value is -1.32. The maximum Gasteiger partial charge on any atom is 0.141 e. The molecule has 0 aliphatic heterocycles. The number of aliphatic hydroxyl groups excluding tert-OH is 1. The van der Waals surface area contributed by atoms with Crippen molar-refractivity contribution >= 4 is 15.9 Å². The van der Waals surface area contributed by atoms with Gasteiger partial charge in [-0.3, -0.25) is 0 Å². The number of hydrogen-bond acceptors (Lipinski definition) is 2. The number of benzene rings is 2. The number of rotatable bonds is 4. The lowest BCUT2D eigenvalue weighted by Gasteiger charge is -2.10. The first-order chi connectivity index (χ1) is 8.70. The molecule has 0 saturated heterocycles. The lowest BCUT2D eigenvalue weighted by atomic mass is 10.1. The molecule has 0 saturated carbocycles. The van der Waals surface area contributed by atoms with Gasteiger partial charge in [-0.15, -0.1) is 0 Å². The van der Waals surface area contributed by atoms with Crippen LogP contribution in [0.2, 0.25) is 0 Å². The maximum absolute atomic E-state index is 9.71. The van der Waals surface area contributed by atoms with Gasteiger partial charge in [0.15, 0.2) is 0 Å². The largest absolute Gasteiger partial charge is 0.456 e. The van der Waals surface area contributed by atoms with Crippen LogP contribution < -0.4 is 4.74 Å². The van der Waals surface area contributed by atoms with Crippen LogP contribution in [0.1, 0.15) is 25.0 Å². The Balaban J connectivity index is 2.14. The first-order valence-electron chi connectivity index (χ1n) is 5.91. The highest BCUT2D eigenvalue weighted by atomic mass is 79.9. The van der Waals surface area contributed by atoms with Gasteiger partial charge in [0.25, 0.3) is 0 Å². The fraction of sp³-hybridized carbons (Fsp3) is 0.200. The predicted molar refractivity (Wildman–Crippen MR) is 75.9 cm³/mol. The summed E-state index contributed by atoms with van der Waals surface area (Å²) in [6, 6.07) is 15.2. The van der Waals surface area contributed by atoms with Gasteiger partial charge in [-0.1, -0.05) is 31.2 Å². The molecule has 1 unspecified atom stereocenters. The molecule has 2 rings (SSSR count). The number of hydrogen-bond donors (Lipinski definition) is 1. The highest BCUT2D eigenvalue weighted by Gasteiger charge is 2.05. The molecule has 0 spiro atoms. The summed E-state index contributed by atoms with van der Waals surface area (Å²) in [6.07, 6.45) is 0.312. The second-order valence-electron chi connectivity index (χ2n) is 4.03. The van der Waals surface area contributed by atoms with E-state index in [1.807, 2.05) is 55.5 Å². The SMILES string of the molecule is CCC(O)c1ccc(Oc2ccccc2Br)cc1. The smallest absolute Gasteiger partial charge is 0.141 e. The third-order valence-corrected chi connectivity index (χ3v) is 3.37. The Morgan fingerprint density at radius 1 is 1.11 bits per heavy atom. The Bertz CT molecular complexity index is 508. The molecule has 0 fully saturated rings. The van der Waals surface area contributed by atoms with Crippen LogP contribution in [-0.2, 0) is 0 Å². The van der Waals surface area contributed by atoms with Crippen LogP contribution in [0.3, 0.4) is 0 Å².